The molecule has 308 valence electrons. The molecule has 1 N–H and O–H groups in total. The highest BCUT2D eigenvalue weighted by Gasteiger charge is 2.24. The van der Waals surface area contributed by atoms with Gasteiger partial charge in [0.1, 0.15) is 23.3 Å². The number of nitrogens with one attached hydrogen (secondary N) is 1. The molecule has 2 saturated heterocycles. The largest absolute Gasteiger partial charge is 0.378 e. The summed E-state index contributed by atoms with van der Waals surface area (Å²) in [6, 6.07) is 12.6. The summed E-state index contributed by atoms with van der Waals surface area (Å²) in [5.41, 5.74) is 5.52. The van der Waals surface area contributed by atoms with Gasteiger partial charge in [0.05, 0.1) is 99.3 Å². The van der Waals surface area contributed by atoms with E-state index in [0.29, 0.717) is 94.8 Å². The van der Waals surface area contributed by atoms with Crippen LogP contribution in [0.4, 0.5) is 40.4 Å². The second-order valence-electron chi connectivity index (χ2n) is 14.0. The Morgan fingerprint density at radius 3 is 1.70 bits per heavy atom. The maximum Gasteiger partial charge on any atom is 0.152 e. The lowest BCUT2D eigenvalue weighted by Crippen LogP contribution is -2.38. The van der Waals surface area contributed by atoms with E-state index >= 15 is 4.39 Å². The normalized spacial score (nSPS) is 14.3. The first-order valence-electron chi connectivity index (χ1n) is 18.9. The van der Waals surface area contributed by atoms with E-state index in [0.717, 1.165) is 42.8 Å². The minimum atomic E-state index is -0.740. The highest BCUT2D eigenvalue weighted by Crippen LogP contribution is 2.40. The van der Waals surface area contributed by atoms with Crippen molar-refractivity contribution in [3.05, 3.63) is 123 Å². The van der Waals surface area contributed by atoms with Crippen molar-refractivity contribution >= 4 is 79.5 Å². The van der Waals surface area contributed by atoms with Crippen LogP contribution in [0.1, 0.15) is 11.1 Å². The van der Waals surface area contributed by atoms with Crippen LogP contribution in [-0.4, -0.2) is 77.5 Å². The molecule has 0 radical (unpaired) electrons. The Bertz CT molecular complexity index is 2750. The van der Waals surface area contributed by atoms with Crippen molar-refractivity contribution in [1.82, 2.24) is 24.9 Å². The van der Waals surface area contributed by atoms with E-state index in [9.17, 15) is 13.2 Å². The van der Waals surface area contributed by atoms with Crippen LogP contribution in [0.2, 0.25) is 15.1 Å². The number of aromatic nitrogens is 5. The van der Waals surface area contributed by atoms with Crippen molar-refractivity contribution in [2.24, 2.45) is 0 Å². The van der Waals surface area contributed by atoms with Crippen LogP contribution in [0.3, 0.4) is 0 Å². The van der Waals surface area contributed by atoms with Crippen LogP contribution >= 0.6 is 34.8 Å². The summed E-state index contributed by atoms with van der Waals surface area (Å²) in [5, 5.41) is 4.93. The molecule has 9 rings (SSSR count). The third-order valence-corrected chi connectivity index (χ3v) is 11.1. The van der Waals surface area contributed by atoms with Crippen molar-refractivity contribution < 1.29 is 27.0 Å². The third kappa shape index (κ3) is 8.61. The molecule has 0 bridgehead atoms. The Morgan fingerprint density at radius 2 is 1.13 bits per heavy atom. The van der Waals surface area contributed by atoms with Crippen molar-refractivity contribution in [2.45, 2.75) is 13.8 Å². The van der Waals surface area contributed by atoms with Crippen LogP contribution in [0, 0.1) is 37.1 Å². The molecule has 0 aliphatic carbocycles. The first-order valence-corrected chi connectivity index (χ1v) is 20.0. The summed E-state index contributed by atoms with van der Waals surface area (Å²) in [7, 11) is 0. The summed E-state index contributed by atoms with van der Waals surface area (Å²) >= 11 is 18.4. The van der Waals surface area contributed by atoms with Crippen LogP contribution in [0.5, 0.6) is 0 Å². The average Bonchev–Trinajstić information content (AvgIpc) is 3.23. The molecule has 60 heavy (non-hydrogen) atoms. The molecule has 5 aromatic heterocycles. The van der Waals surface area contributed by atoms with Gasteiger partial charge in [0.2, 0.25) is 0 Å². The van der Waals surface area contributed by atoms with Crippen molar-refractivity contribution in [2.75, 3.05) is 67.7 Å². The monoisotopic (exact) mass is 876 g/mol. The summed E-state index contributed by atoms with van der Waals surface area (Å²) < 4.78 is 68.1. The van der Waals surface area contributed by atoms with E-state index in [1.807, 2.05) is 19.2 Å². The van der Waals surface area contributed by atoms with E-state index in [1.54, 1.807) is 37.4 Å². The van der Waals surface area contributed by atoms with Gasteiger partial charge in [-0.15, -0.1) is 0 Å². The van der Waals surface area contributed by atoms with Gasteiger partial charge in [0.25, 0.3) is 0 Å². The smallest absolute Gasteiger partial charge is 0.152 e. The molecule has 0 atom stereocenters. The fourth-order valence-electron chi connectivity index (χ4n) is 7.19. The standard InChI is InChI=1S/C28H27ClF2N6O2.C15H8Cl2F2N2/c1-17-26(23-12-18(29)2-3-32-23)34-22-14-19(30)13-21(31)25(22)27(17)35-24-15-20(36-4-8-38-9-5-36)16-33-28(24)37-6-10-39-11-7-37;1-7-14(17)13-10(19)5-9(18)6-11(13)21-15(7)12-4-8(16)2-3-20-12/h2-3,12-16H,4-11H2,1H3,(H,34,35);2-6H,1H3. The number of halogens is 7. The minimum Gasteiger partial charge on any atom is -0.378 e. The Morgan fingerprint density at radius 1 is 0.617 bits per heavy atom. The second-order valence-corrected chi connectivity index (χ2v) is 15.3. The molecule has 2 aliphatic rings. The first-order chi connectivity index (χ1) is 28.9. The predicted octanol–water partition coefficient (Wildman–Crippen LogP) is 10.5. The summed E-state index contributed by atoms with van der Waals surface area (Å²) in [6.07, 6.45) is 4.97. The molecule has 0 amide bonds. The molecular weight excluding hydrogens is 843 g/mol. The molecule has 7 heterocycles. The predicted molar refractivity (Wildman–Crippen MR) is 228 cm³/mol. The number of anilines is 4. The van der Waals surface area contributed by atoms with Gasteiger partial charge in [-0.1, -0.05) is 34.8 Å². The van der Waals surface area contributed by atoms with E-state index in [-0.39, 0.29) is 26.8 Å². The van der Waals surface area contributed by atoms with E-state index < -0.39 is 23.3 Å². The number of hydrogen-bond acceptors (Lipinski definition) is 10. The van der Waals surface area contributed by atoms with Gasteiger partial charge in [-0.2, -0.15) is 0 Å². The second kappa shape index (κ2) is 17.7. The van der Waals surface area contributed by atoms with Gasteiger partial charge < -0.3 is 24.6 Å². The number of fused-ring (bicyclic) bond motifs is 2. The fraction of sp³-hybridized carbons (Fsp3) is 0.233. The molecule has 17 heteroatoms. The molecule has 2 fully saturated rings. The quantitative estimate of drug-likeness (QED) is 0.163. The van der Waals surface area contributed by atoms with Crippen molar-refractivity contribution in [1.29, 1.82) is 0 Å². The number of nitrogens with zero attached hydrogens (tertiary/aromatic N) is 7. The van der Waals surface area contributed by atoms with Gasteiger partial charge in [-0.25, -0.2) is 32.5 Å². The van der Waals surface area contributed by atoms with Crippen LogP contribution in [-0.2, 0) is 9.47 Å². The highest BCUT2D eigenvalue weighted by atomic mass is 35.5. The zero-order valence-corrected chi connectivity index (χ0v) is 34.4. The summed E-state index contributed by atoms with van der Waals surface area (Å²) in [6.45, 7) is 8.81. The lowest BCUT2D eigenvalue weighted by atomic mass is 10.0. The number of pyridine rings is 5. The van der Waals surface area contributed by atoms with Gasteiger partial charge in [-0.05, 0) is 49.7 Å². The molecule has 2 aliphatic heterocycles. The van der Waals surface area contributed by atoms with Crippen LogP contribution in [0.25, 0.3) is 44.6 Å². The number of ether oxygens (including phenoxy) is 2. The zero-order chi connectivity index (χ0) is 42.1. The lowest BCUT2D eigenvalue weighted by Gasteiger charge is -2.32. The van der Waals surface area contributed by atoms with E-state index in [4.69, 9.17) is 49.3 Å². The molecule has 2 aromatic carbocycles. The number of morpholine rings is 2. The first kappa shape index (κ1) is 41.4. The van der Waals surface area contributed by atoms with E-state index in [2.05, 4.69) is 35.1 Å². The molecule has 10 nitrogen and oxygen atoms in total. The summed E-state index contributed by atoms with van der Waals surface area (Å²) in [4.78, 5) is 26.7. The Labute approximate surface area is 357 Å². The highest BCUT2D eigenvalue weighted by molar-refractivity contribution is 6.36. The molecular formula is C43H35Cl3F4N8O2. The molecule has 0 spiro atoms. The Hall–Kier alpha value is -5.38. The summed E-state index contributed by atoms with van der Waals surface area (Å²) in [5.74, 6) is -2.14. The zero-order valence-electron chi connectivity index (χ0n) is 32.2. The number of hydrogen-bond donors (Lipinski definition) is 1. The topological polar surface area (TPSA) is 101 Å². The van der Waals surface area contributed by atoms with Crippen molar-refractivity contribution in [3.8, 4) is 22.8 Å². The maximum atomic E-state index is 15.4. The van der Waals surface area contributed by atoms with Gasteiger partial charge in [0.15, 0.2) is 5.82 Å². The van der Waals surface area contributed by atoms with E-state index in [1.165, 1.54) is 12.3 Å². The Balaban J connectivity index is 0.000000200. The average molecular weight is 878 g/mol. The lowest BCUT2D eigenvalue weighted by molar-refractivity contribution is 0.122. The Kier molecular flexibility index (Phi) is 12.2. The number of rotatable bonds is 6. The van der Waals surface area contributed by atoms with Crippen LogP contribution < -0.4 is 15.1 Å². The minimum absolute atomic E-state index is 0.0985. The molecule has 7 aromatic rings. The maximum absolute atomic E-state index is 15.4. The third-order valence-electron chi connectivity index (χ3n) is 10.1. The SMILES string of the molecule is Cc1c(-c2cc(Cl)ccn2)nc2cc(F)cc(F)c2c1Cl.Cc1c(-c2cc(Cl)ccn2)nc2cc(F)cc(F)c2c1Nc1cc(N2CCOCC2)cnc1N1CCOCC1. The number of benzene rings is 2. The van der Waals surface area contributed by atoms with Gasteiger partial charge >= 0.3 is 0 Å². The molecule has 0 saturated carbocycles. The fourth-order valence-corrected chi connectivity index (χ4v) is 7.78. The van der Waals surface area contributed by atoms with Gasteiger partial charge in [0, 0.05) is 78.4 Å². The van der Waals surface area contributed by atoms with Crippen LogP contribution in [0.15, 0.2) is 73.2 Å². The molecule has 0 unspecified atom stereocenters. The van der Waals surface area contributed by atoms with Gasteiger partial charge in [-0.3, -0.25) is 9.97 Å². The van der Waals surface area contributed by atoms with Crippen molar-refractivity contribution in [3.63, 3.8) is 0 Å².